The molecule has 0 radical (unpaired) electrons. The van der Waals surface area contributed by atoms with E-state index in [1.807, 2.05) is 6.20 Å². The van der Waals surface area contributed by atoms with E-state index in [-0.39, 0.29) is 0 Å². The zero-order valence-electron chi connectivity index (χ0n) is 12.0. The Morgan fingerprint density at radius 3 is 2.94 bits per heavy atom. The molecular formula is C15H27N3. The standard InChI is InChI=1S/C15H27N3/c1-13-5-4-7-15(9-13,18(2)3)12-17-11-14-6-8-16-10-14/h6,8,10,13,16-17H,4-5,7,9,11-12H2,1-3H3. The molecule has 3 heteroatoms. The largest absolute Gasteiger partial charge is 0.367 e. The van der Waals surface area contributed by atoms with Crippen molar-refractivity contribution in [1.29, 1.82) is 0 Å². The van der Waals surface area contributed by atoms with Gasteiger partial charge in [0.25, 0.3) is 0 Å². The van der Waals surface area contributed by atoms with Gasteiger partial charge in [0, 0.05) is 31.0 Å². The third-order valence-corrected chi connectivity index (χ3v) is 4.46. The molecule has 0 bridgehead atoms. The summed E-state index contributed by atoms with van der Waals surface area (Å²) < 4.78 is 0. The molecule has 0 amide bonds. The van der Waals surface area contributed by atoms with Gasteiger partial charge in [-0.15, -0.1) is 0 Å². The summed E-state index contributed by atoms with van der Waals surface area (Å²) in [7, 11) is 4.46. The predicted molar refractivity (Wildman–Crippen MR) is 76.5 cm³/mol. The second-order valence-electron chi connectivity index (χ2n) is 6.14. The van der Waals surface area contributed by atoms with E-state index in [0.717, 1.165) is 19.0 Å². The van der Waals surface area contributed by atoms with Crippen molar-refractivity contribution in [2.24, 2.45) is 5.92 Å². The Labute approximate surface area is 111 Å². The minimum atomic E-state index is 0.355. The molecule has 1 saturated carbocycles. The molecule has 1 aromatic heterocycles. The first-order valence-corrected chi connectivity index (χ1v) is 7.12. The molecule has 1 fully saturated rings. The smallest absolute Gasteiger partial charge is 0.0330 e. The first-order chi connectivity index (χ1) is 8.62. The molecular weight excluding hydrogens is 222 g/mol. The molecule has 1 aliphatic rings. The first kappa shape index (κ1) is 13.6. The summed E-state index contributed by atoms with van der Waals surface area (Å²) in [5, 5.41) is 3.64. The van der Waals surface area contributed by atoms with Crippen LogP contribution in [0.15, 0.2) is 18.5 Å². The van der Waals surface area contributed by atoms with Gasteiger partial charge in [-0.1, -0.05) is 19.8 Å². The van der Waals surface area contributed by atoms with Crippen LogP contribution in [0.25, 0.3) is 0 Å². The van der Waals surface area contributed by atoms with Gasteiger partial charge >= 0.3 is 0 Å². The number of hydrogen-bond acceptors (Lipinski definition) is 2. The monoisotopic (exact) mass is 249 g/mol. The lowest BCUT2D eigenvalue weighted by Crippen LogP contribution is -2.54. The normalized spacial score (nSPS) is 28.8. The highest BCUT2D eigenvalue weighted by Gasteiger charge is 2.36. The summed E-state index contributed by atoms with van der Waals surface area (Å²) in [5.41, 5.74) is 1.70. The van der Waals surface area contributed by atoms with E-state index in [2.05, 4.69) is 48.5 Å². The molecule has 18 heavy (non-hydrogen) atoms. The topological polar surface area (TPSA) is 31.1 Å². The highest BCUT2D eigenvalue weighted by molar-refractivity contribution is 5.08. The number of rotatable bonds is 5. The molecule has 0 spiro atoms. The number of likely N-dealkylation sites (N-methyl/N-ethyl adjacent to an activating group) is 1. The zero-order chi connectivity index (χ0) is 13.0. The van der Waals surface area contributed by atoms with E-state index < -0.39 is 0 Å². The van der Waals surface area contributed by atoms with Crippen LogP contribution in [0.3, 0.4) is 0 Å². The molecule has 0 saturated heterocycles. The number of hydrogen-bond donors (Lipinski definition) is 2. The first-order valence-electron chi connectivity index (χ1n) is 7.12. The van der Waals surface area contributed by atoms with Crippen LogP contribution >= 0.6 is 0 Å². The van der Waals surface area contributed by atoms with Gasteiger partial charge in [0.05, 0.1) is 0 Å². The van der Waals surface area contributed by atoms with Gasteiger partial charge in [-0.25, -0.2) is 0 Å². The van der Waals surface area contributed by atoms with Gasteiger partial charge in [-0.05, 0) is 44.5 Å². The van der Waals surface area contributed by atoms with E-state index in [1.54, 1.807) is 0 Å². The lowest BCUT2D eigenvalue weighted by atomic mass is 9.75. The molecule has 2 rings (SSSR count). The maximum Gasteiger partial charge on any atom is 0.0330 e. The molecule has 1 heterocycles. The maximum atomic E-state index is 3.64. The van der Waals surface area contributed by atoms with Crippen molar-refractivity contribution < 1.29 is 0 Å². The molecule has 1 aromatic rings. The molecule has 0 aliphatic heterocycles. The Hall–Kier alpha value is -0.800. The minimum absolute atomic E-state index is 0.355. The average Bonchev–Trinajstić information content (AvgIpc) is 2.82. The quantitative estimate of drug-likeness (QED) is 0.840. The Morgan fingerprint density at radius 1 is 1.50 bits per heavy atom. The van der Waals surface area contributed by atoms with Crippen LogP contribution < -0.4 is 5.32 Å². The van der Waals surface area contributed by atoms with Crippen LogP contribution in [0.4, 0.5) is 0 Å². The molecule has 3 nitrogen and oxygen atoms in total. The zero-order valence-corrected chi connectivity index (χ0v) is 12.0. The summed E-state index contributed by atoms with van der Waals surface area (Å²) in [6.45, 7) is 4.45. The summed E-state index contributed by atoms with van der Waals surface area (Å²) in [5.74, 6) is 0.857. The molecule has 2 unspecified atom stereocenters. The van der Waals surface area contributed by atoms with Gasteiger partial charge in [0.2, 0.25) is 0 Å². The summed E-state index contributed by atoms with van der Waals surface area (Å²) >= 11 is 0. The van der Waals surface area contributed by atoms with Gasteiger partial charge in [-0.3, -0.25) is 0 Å². The van der Waals surface area contributed by atoms with E-state index in [0.29, 0.717) is 5.54 Å². The number of H-pyrrole nitrogens is 1. The van der Waals surface area contributed by atoms with E-state index >= 15 is 0 Å². The molecule has 0 aromatic carbocycles. The highest BCUT2D eigenvalue weighted by Crippen LogP contribution is 2.35. The van der Waals surface area contributed by atoms with Crippen molar-refractivity contribution in [2.75, 3.05) is 20.6 Å². The van der Waals surface area contributed by atoms with Crippen LogP contribution in [0.2, 0.25) is 0 Å². The van der Waals surface area contributed by atoms with Crippen LogP contribution in [0, 0.1) is 5.92 Å². The van der Waals surface area contributed by atoms with Crippen LogP contribution in [-0.2, 0) is 6.54 Å². The van der Waals surface area contributed by atoms with Gasteiger partial charge < -0.3 is 15.2 Å². The fourth-order valence-corrected chi connectivity index (χ4v) is 3.27. The van der Waals surface area contributed by atoms with Crippen LogP contribution in [0.1, 0.15) is 38.2 Å². The number of nitrogens with one attached hydrogen (secondary N) is 2. The van der Waals surface area contributed by atoms with E-state index in [9.17, 15) is 0 Å². The third-order valence-electron chi connectivity index (χ3n) is 4.46. The Balaban J connectivity index is 1.89. The molecule has 2 atom stereocenters. The lowest BCUT2D eigenvalue weighted by Gasteiger charge is -2.45. The van der Waals surface area contributed by atoms with Crippen LogP contribution in [-0.4, -0.2) is 36.1 Å². The van der Waals surface area contributed by atoms with Gasteiger partial charge in [0.1, 0.15) is 0 Å². The summed E-state index contributed by atoms with van der Waals surface area (Å²) in [6, 6.07) is 2.14. The fraction of sp³-hybridized carbons (Fsp3) is 0.733. The van der Waals surface area contributed by atoms with Gasteiger partial charge in [0.15, 0.2) is 0 Å². The number of aromatic amines is 1. The molecule has 1 aliphatic carbocycles. The third kappa shape index (κ3) is 3.15. The average molecular weight is 249 g/mol. The number of nitrogens with zero attached hydrogens (tertiary/aromatic N) is 1. The number of aromatic nitrogens is 1. The van der Waals surface area contributed by atoms with Crippen LogP contribution in [0.5, 0.6) is 0 Å². The van der Waals surface area contributed by atoms with Crippen molar-refractivity contribution >= 4 is 0 Å². The van der Waals surface area contributed by atoms with Crippen molar-refractivity contribution in [1.82, 2.24) is 15.2 Å². The Kier molecular flexibility index (Phi) is 4.46. The summed E-state index contributed by atoms with van der Waals surface area (Å²) in [4.78, 5) is 5.54. The van der Waals surface area contributed by atoms with Crippen molar-refractivity contribution in [2.45, 2.75) is 44.7 Å². The Morgan fingerprint density at radius 2 is 2.33 bits per heavy atom. The van der Waals surface area contributed by atoms with Gasteiger partial charge in [-0.2, -0.15) is 0 Å². The van der Waals surface area contributed by atoms with Crippen molar-refractivity contribution in [3.8, 4) is 0 Å². The van der Waals surface area contributed by atoms with Crippen molar-refractivity contribution in [3.63, 3.8) is 0 Å². The fourth-order valence-electron chi connectivity index (χ4n) is 3.27. The minimum Gasteiger partial charge on any atom is -0.367 e. The maximum absolute atomic E-state index is 3.64. The molecule has 102 valence electrons. The van der Waals surface area contributed by atoms with Crippen molar-refractivity contribution in [3.05, 3.63) is 24.0 Å². The predicted octanol–water partition coefficient (Wildman–Crippen LogP) is 2.61. The summed E-state index contributed by atoms with van der Waals surface area (Å²) in [6.07, 6.45) is 9.46. The SMILES string of the molecule is CC1CCCC(CNCc2cc[nH]c2)(N(C)C)C1. The van der Waals surface area contributed by atoms with E-state index in [4.69, 9.17) is 0 Å². The lowest BCUT2D eigenvalue weighted by molar-refractivity contribution is 0.0749. The highest BCUT2D eigenvalue weighted by atomic mass is 15.2. The van der Waals surface area contributed by atoms with E-state index in [1.165, 1.54) is 31.2 Å². The second kappa shape index (κ2) is 5.89. The molecule has 2 N–H and O–H groups in total. The Bertz CT molecular complexity index is 345. The second-order valence-corrected chi connectivity index (χ2v) is 6.14.